The van der Waals surface area contributed by atoms with Gasteiger partial charge in [-0.3, -0.25) is 9.10 Å². The van der Waals surface area contributed by atoms with E-state index in [0.717, 1.165) is 11.1 Å². The van der Waals surface area contributed by atoms with E-state index in [4.69, 9.17) is 4.74 Å². The molecule has 0 bridgehead atoms. The number of hydrogen-bond donors (Lipinski definition) is 1. The molecule has 0 radical (unpaired) electrons. The molecule has 3 rings (SSSR count). The summed E-state index contributed by atoms with van der Waals surface area (Å²) in [6, 6.07) is 20.8. The predicted molar refractivity (Wildman–Crippen MR) is 119 cm³/mol. The first-order valence-electron chi connectivity index (χ1n) is 9.38. The van der Waals surface area contributed by atoms with E-state index in [1.165, 1.54) is 11.4 Å². The smallest absolute Gasteiger partial charge is 0.264 e. The molecule has 0 saturated carbocycles. The Hall–Kier alpha value is -3.32. The van der Waals surface area contributed by atoms with Gasteiger partial charge in [-0.15, -0.1) is 0 Å². The lowest BCUT2D eigenvalue weighted by Gasteiger charge is -2.20. The minimum atomic E-state index is -3.65. The highest BCUT2D eigenvalue weighted by Gasteiger charge is 2.21. The number of sulfonamides is 1. The van der Waals surface area contributed by atoms with E-state index < -0.39 is 10.0 Å². The second kappa shape index (κ2) is 9.00. The Labute approximate surface area is 177 Å². The molecule has 0 heterocycles. The standard InChI is InChI=1S/C23H24N2O4S/c1-17-8-14-20(15-9-17)30(27,28)25(2)19-12-10-18(11-13-19)16-23(26)24-21-6-4-5-7-22(21)29-3/h4-15H,16H2,1-3H3,(H,24,26). The largest absolute Gasteiger partial charge is 0.495 e. The highest BCUT2D eigenvalue weighted by atomic mass is 32.2. The summed E-state index contributed by atoms with van der Waals surface area (Å²) in [7, 11) is -0.594. The lowest BCUT2D eigenvalue weighted by molar-refractivity contribution is -0.115. The van der Waals surface area contributed by atoms with Crippen molar-refractivity contribution < 1.29 is 17.9 Å². The van der Waals surface area contributed by atoms with E-state index in [2.05, 4.69) is 5.32 Å². The molecular weight excluding hydrogens is 400 g/mol. The molecule has 0 spiro atoms. The fourth-order valence-corrected chi connectivity index (χ4v) is 4.15. The van der Waals surface area contributed by atoms with Crippen LogP contribution in [0.2, 0.25) is 0 Å². The molecule has 1 N–H and O–H groups in total. The van der Waals surface area contributed by atoms with E-state index in [9.17, 15) is 13.2 Å². The van der Waals surface area contributed by atoms with Crippen molar-refractivity contribution in [1.82, 2.24) is 0 Å². The molecule has 0 unspecified atom stereocenters. The van der Waals surface area contributed by atoms with Crippen molar-refractivity contribution >= 4 is 27.3 Å². The maximum Gasteiger partial charge on any atom is 0.264 e. The van der Waals surface area contributed by atoms with Crippen LogP contribution in [0, 0.1) is 6.92 Å². The molecule has 7 heteroatoms. The average Bonchev–Trinajstić information content (AvgIpc) is 2.74. The zero-order valence-electron chi connectivity index (χ0n) is 17.1. The number of nitrogens with zero attached hydrogens (tertiary/aromatic N) is 1. The van der Waals surface area contributed by atoms with Crippen LogP contribution in [0.4, 0.5) is 11.4 Å². The number of anilines is 2. The van der Waals surface area contributed by atoms with Gasteiger partial charge in [0.25, 0.3) is 10.0 Å². The van der Waals surface area contributed by atoms with Crippen molar-refractivity contribution in [3.8, 4) is 5.75 Å². The summed E-state index contributed by atoms with van der Waals surface area (Å²) in [4.78, 5) is 12.6. The van der Waals surface area contributed by atoms with Crippen LogP contribution in [0.5, 0.6) is 5.75 Å². The average molecular weight is 425 g/mol. The van der Waals surface area contributed by atoms with Gasteiger partial charge < -0.3 is 10.1 Å². The highest BCUT2D eigenvalue weighted by molar-refractivity contribution is 7.92. The maximum absolute atomic E-state index is 12.8. The lowest BCUT2D eigenvalue weighted by atomic mass is 10.1. The summed E-state index contributed by atoms with van der Waals surface area (Å²) >= 11 is 0. The van der Waals surface area contributed by atoms with Gasteiger partial charge in [0.15, 0.2) is 0 Å². The normalized spacial score (nSPS) is 11.0. The Morgan fingerprint density at radius 3 is 2.23 bits per heavy atom. The van der Waals surface area contributed by atoms with E-state index >= 15 is 0 Å². The van der Waals surface area contributed by atoms with Crippen LogP contribution in [0.3, 0.4) is 0 Å². The van der Waals surface area contributed by atoms with Gasteiger partial charge >= 0.3 is 0 Å². The Morgan fingerprint density at radius 1 is 0.967 bits per heavy atom. The van der Waals surface area contributed by atoms with Gasteiger partial charge in [0, 0.05) is 7.05 Å². The number of carbonyl (C=O) groups excluding carboxylic acids is 1. The van der Waals surface area contributed by atoms with Gasteiger partial charge in [0.1, 0.15) is 5.75 Å². The second-order valence-corrected chi connectivity index (χ2v) is 8.85. The summed E-state index contributed by atoms with van der Waals surface area (Å²) in [6.45, 7) is 1.91. The van der Waals surface area contributed by atoms with Gasteiger partial charge in [-0.1, -0.05) is 42.0 Å². The third kappa shape index (κ3) is 4.80. The summed E-state index contributed by atoms with van der Waals surface area (Å²) in [5.41, 5.74) is 2.88. The third-order valence-electron chi connectivity index (χ3n) is 4.73. The van der Waals surface area contributed by atoms with Crippen LogP contribution in [0.1, 0.15) is 11.1 Å². The number of rotatable bonds is 7. The van der Waals surface area contributed by atoms with Crippen LogP contribution < -0.4 is 14.4 Å². The zero-order chi connectivity index (χ0) is 21.7. The maximum atomic E-state index is 12.8. The minimum Gasteiger partial charge on any atom is -0.495 e. The van der Waals surface area contributed by atoms with Gasteiger partial charge in [0.2, 0.25) is 5.91 Å². The van der Waals surface area contributed by atoms with Gasteiger partial charge in [0.05, 0.1) is 29.8 Å². The highest BCUT2D eigenvalue weighted by Crippen LogP contribution is 2.24. The second-order valence-electron chi connectivity index (χ2n) is 6.88. The number of ether oxygens (including phenoxy) is 1. The lowest BCUT2D eigenvalue weighted by Crippen LogP contribution is -2.26. The zero-order valence-corrected chi connectivity index (χ0v) is 17.9. The van der Waals surface area contributed by atoms with Crippen molar-refractivity contribution in [3.05, 3.63) is 83.9 Å². The van der Waals surface area contributed by atoms with Crippen LogP contribution in [-0.2, 0) is 21.2 Å². The van der Waals surface area contributed by atoms with Crippen LogP contribution in [-0.4, -0.2) is 28.5 Å². The van der Waals surface area contributed by atoms with Crippen molar-refractivity contribution in [3.63, 3.8) is 0 Å². The summed E-state index contributed by atoms with van der Waals surface area (Å²) in [5.74, 6) is 0.400. The molecule has 6 nitrogen and oxygen atoms in total. The first kappa shape index (κ1) is 21.4. The number of para-hydroxylation sites is 2. The fourth-order valence-electron chi connectivity index (χ4n) is 2.96. The topological polar surface area (TPSA) is 75.7 Å². The van der Waals surface area contributed by atoms with Crippen molar-refractivity contribution in [2.24, 2.45) is 0 Å². The van der Waals surface area contributed by atoms with Gasteiger partial charge in [-0.05, 0) is 48.9 Å². The SMILES string of the molecule is COc1ccccc1NC(=O)Cc1ccc(N(C)S(=O)(=O)c2ccc(C)cc2)cc1. The molecule has 0 fully saturated rings. The third-order valence-corrected chi connectivity index (χ3v) is 6.52. The number of aryl methyl sites for hydroxylation is 1. The molecule has 156 valence electrons. The van der Waals surface area contributed by atoms with E-state index in [1.54, 1.807) is 67.8 Å². The van der Waals surface area contributed by atoms with Crippen LogP contribution in [0.25, 0.3) is 0 Å². The molecule has 0 aliphatic carbocycles. The molecule has 1 amide bonds. The molecule has 0 aliphatic rings. The number of carbonyl (C=O) groups is 1. The van der Waals surface area contributed by atoms with Crippen molar-refractivity contribution in [1.29, 1.82) is 0 Å². The monoisotopic (exact) mass is 424 g/mol. The Balaban J connectivity index is 1.69. The summed E-state index contributed by atoms with van der Waals surface area (Å²) in [6.07, 6.45) is 0.159. The van der Waals surface area contributed by atoms with Crippen LogP contribution >= 0.6 is 0 Å². The Kier molecular flexibility index (Phi) is 6.42. The first-order valence-corrected chi connectivity index (χ1v) is 10.8. The first-order chi connectivity index (χ1) is 14.3. The minimum absolute atomic E-state index is 0.159. The molecule has 0 aromatic heterocycles. The van der Waals surface area contributed by atoms with E-state index in [1.807, 2.05) is 19.1 Å². The Morgan fingerprint density at radius 2 is 1.60 bits per heavy atom. The number of hydrogen-bond acceptors (Lipinski definition) is 4. The quantitative estimate of drug-likeness (QED) is 0.622. The molecule has 3 aromatic carbocycles. The molecule has 0 atom stereocenters. The molecular formula is C23H24N2O4S. The summed E-state index contributed by atoms with van der Waals surface area (Å²) < 4.78 is 32.1. The van der Waals surface area contributed by atoms with E-state index in [0.29, 0.717) is 17.1 Å². The summed E-state index contributed by atoms with van der Waals surface area (Å²) in [5, 5.41) is 2.83. The van der Waals surface area contributed by atoms with Crippen molar-refractivity contribution in [2.45, 2.75) is 18.2 Å². The Bertz CT molecular complexity index is 1120. The van der Waals surface area contributed by atoms with Crippen LogP contribution in [0.15, 0.2) is 77.7 Å². The predicted octanol–water partition coefficient (Wildman–Crippen LogP) is 4.01. The number of benzene rings is 3. The molecule has 30 heavy (non-hydrogen) atoms. The van der Waals surface area contributed by atoms with Crippen molar-refractivity contribution in [2.75, 3.05) is 23.8 Å². The molecule has 0 saturated heterocycles. The molecule has 0 aliphatic heterocycles. The fraction of sp³-hybridized carbons (Fsp3) is 0.174. The van der Waals surface area contributed by atoms with Gasteiger partial charge in [-0.2, -0.15) is 0 Å². The number of amides is 1. The number of methoxy groups -OCH3 is 1. The molecule has 3 aromatic rings. The van der Waals surface area contributed by atoms with Gasteiger partial charge in [-0.25, -0.2) is 8.42 Å². The number of nitrogens with one attached hydrogen (secondary N) is 1. The van der Waals surface area contributed by atoms with E-state index in [-0.39, 0.29) is 17.2 Å².